The predicted octanol–water partition coefficient (Wildman–Crippen LogP) is 2.86. The molecular weight excluding hydrogens is 512 g/mol. The van der Waals surface area contributed by atoms with E-state index in [4.69, 9.17) is 0 Å². The number of carbonyl (C=O) groups is 1. The van der Waals surface area contributed by atoms with Crippen LogP contribution in [-0.2, 0) is 31.4 Å². The number of aliphatic hydroxyl groups excluding tert-OH is 1. The average molecular weight is 543 g/mol. The van der Waals surface area contributed by atoms with Gasteiger partial charge in [0.2, 0.25) is 10.0 Å². The first-order valence-electron chi connectivity index (χ1n) is 12.0. The number of fused-ring (bicyclic) bond motifs is 2. The van der Waals surface area contributed by atoms with E-state index in [1.165, 1.54) is 0 Å². The minimum atomic E-state index is -4.23. The van der Waals surface area contributed by atoms with E-state index >= 15 is 0 Å². The number of aliphatic hydroxyl groups is 1. The van der Waals surface area contributed by atoms with Gasteiger partial charge in [-0.05, 0) is 31.1 Å². The molecular formula is C22H30N4O6S3. The van der Waals surface area contributed by atoms with Crippen LogP contribution in [0.2, 0.25) is 0 Å². The van der Waals surface area contributed by atoms with E-state index in [-0.39, 0.29) is 63.1 Å². The Bertz CT molecular complexity index is 1310. The molecule has 0 bridgehead atoms. The Morgan fingerprint density at radius 3 is 2.57 bits per heavy atom. The highest BCUT2D eigenvalue weighted by Crippen LogP contribution is 2.43. The van der Waals surface area contributed by atoms with Gasteiger partial charge >= 0.3 is 0 Å². The van der Waals surface area contributed by atoms with Gasteiger partial charge in [-0.1, -0.05) is 32.1 Å². The smallest absolute Gasteiger partial charge is 0.287 e. The molecule has 2 atom stereocenters. The molecule has 2 fully saturated rings. The summed E-state index contributed by atoms with van der Waals surface area (Å²) in [6, 6.07) is 0.00609. The maximum atomic E-state index is 13.8. The number of nitrogens with one attached hydrogen (secondary N) is 2. The molecule has 1 amide bonds. The number of hydrogen-bond donors (Lipinski definition) is 3. The summed E-state index contributed by atoms with van der Waals surface area (Å²) in [4.78, 5) is 15.7. The van der Waals surface area contributed by atoms with E-state index in [2.05, 4.69) is 14.4 Å². The fourth-order valence-corrected chi connectivity index (χ4v) is 8.87. The number of anilines is 1. The van der Waals surface area contributed by atoms with Crippen molar-refractivity contribution >= 4 is 48.1 Å². The van der Waals surface area contributed by atoms with Crippen molar-refractivity contribution in [2.45, 2.75) is 81.3 Å². The van der Waals surface area contributed by atoms with Crippen molar-refractivity contribution in [3.63, 3.8) is 0 Å². The van der Waals surface area contributed by atoms with Gasteiger partial charge in [0, 0.05) is 30.1 Å². The summed E-state index contributed by atoms with van der Waals surface area (Å²) in [7, 11) is -7.75. The molecule has 0 saturated heterocycles. The lowest BCUT2D eigenvalue weighted by molar-refractivity contribution is -0.137. The third kappa shape index (κ3) is 4.63. The molecule has 3 N–H and O–H groups in total. The van der Waals surface area contributed by atoms with Gasteiger partial charge < -0.3 is 15.3 Å². The van der Waals surface area contributed by atoms with Crippen LogP contribution in [0.25, 0.3) is 0 Å². The van der Waals surface area contributed by atoms with Gasteiger partial charge in [0.1, 0.15) is 21.2 Å². The van der Waals surface area contributed by atoms with Crippen LogP contribution < -0.4 is 10.0 Å². The van der Waals surface area contributed by atoms with Crippen molar-refractivity contribution in [2.75, 3.05) is 11.6 Å². The minimum Gasteiger partial charge on any atom is -0.511 e. The summed E-state index contributed by atoms with van der Waals surface area (Å²) in [5.74, 6) is -0.829. The molecule has 1 aromatic heterocycles. The van der Waals surface area contributed by atoms with Crippen LogP contribution in [0, 0.1) is 5.92 Å². The standard InChI is InChI=1S/C22H30N4O6S3/c1-34(29,30)23-11-13-12-33-21-19(13)35(31,32)25-20(24-21)17-18(27)15-9-5-6-10-16(15)26(22(17)28)14-7-3-2-4-8-14/h12,14-16,23,27H,2-11H2,1H3,(H,24,25). The molecule has 1 aromatic rings. The molecule has 35 heavy (non-hydrogen) atoms. The van der Waals surface area contributed by atoms with Gasteiger partial charge in [-0.15, -0.1) is 15.7 Å². The highest BCUT2D eigenvalue weighted by Gasteiger charge is 2.48. The zero-order chi connectivity index (χ0) is 25.0. The van der Waals surface area contributed by atoms with Crippen LogP contribution in [0.5, 0.6) is 0 Å². The number of hydrogen-bond acceptors (Lipinski definition) is 8. The highest BCUT2D eigenvalue weighted by molar-refractivity contribution is 7.91. The van der Waals surface area contributed by atoms with Crippen LogP contribution in [0.1, 0.15) is 63.4 Å². The highest BCUT2D eigenvalue weighted by atomic mass is 32.2. The molecule has 13 heteroatoms. The molecule has 5 rings (SSSR count). The number of amidine groups is 1. The number of rotatable bonds is 5. The Morgan fingerprint density at radius 1 is 1.17 bits per heavy atom. The molecule has 192 valence electrons. The zero-order valence-corrected chi connectivity index (χ0v) is 21.9. The molecule has 0 spiro atoms. The van der Waals surface area contributed by atoms with Crippen LogP contribution in [0.4, 0.5) is 5.00 Å². The van der Waals surface area contributed by atoms with E-state index in [1.54, 1.807) is 5.38 Å². The van der Waals surface area contributed by atoms with Crippen molar-refractivity contribution in [2.24, 2.45) is 10.3 Å². The summed E-state index contributed by atoms with van der Waals surface area (Å²) in [6.07, 6.45) is 9.56. The Kier molecular flexibility index (Phi) is 6.47. The van der Waals surface area contributed by atoms with E-state index in [9.17, 15) is 26.7 Å². The number of amides is 1. The Balaban J connectivity index is 1.53. The van der Waals surface area contributed by atoms with Gasteiger partial charge in [-0.3, -0.25) is 4.79 Å². The normalized spacial score (nSPS) is 27.2. The minimum absolute atomic E-state index is 0.0582. The Morgan fingerprint density at radius 2 is 1.86 bits per heavy atom. The van der Waals surface area contributed by atoms with E-state index in [1.807, 2.05) is 4.90 Å². The molecule has 2 saturated carbocycles. The number of thiophene rings is 1. The van der Waals surface area contributed by atoms with Crippen molar-refractivity contribution in [1.82, 2.24) is 9.62 Å². The molecule has 0 radical (unpaired) electrons. The summed E-state index contributed by atoms with van der Waals surface area (Å²) >= 11 is 1.09. The number of nitrogens with zero attached hydrogens (tertiary/aromatic N) is 2. The summed E-state index contributed by atoms with van der Waals surface area (Å²) < 4.78 is 55.6. The first-order valence-corrected chi connectivity index (χ1v) is 16.2. The van der Waals surface area contributed by atoms with E-state index < -0.39 is 20.0 Å². The fourth-order valence-electron chi connectivity index (χ4n) is 5.84. The van der Waals surface area contributed by atoms with Gasteiger partial charge in [0.05, 0.1) is 6.26 Å². The predicted molar refractivity (Wildman–Crippen MR) is 133 cm³/mol. The summed E-state index contributed by atoms with van der Waals surface area (Å²) in [5, 5.41) is 16.0. The van der Waals surface area contributed by atoms with Gasteiger partial charge in [-0.2, -0.15) is 8.42 Å². The molecule has 2 aliphatic heterocycles. The van der Waals surface area contributed by atoms with Crippen molar-refractivity contribution in [1.29, 1.82) is 0 Å². The van der Waals surface area contributed by atoms with Crippen LogP contribution in [-0.4, -0.2) is 56.9 Å². The first-order chi connectivity index (χ1) is 16.6. The fraction of sp³-hybridized carbons (Fsp3) is 0.636. The van der Waals surface area contributed by atoms with Crippen LogP contribution in [0.3, 0.4) is 0 Å². The molecule has 2 aliphatic carbocycles. The lowest BCUT2D eigenvalue weighted by Crippen LogP contribution is -2.57. The molecule has 3 heterocycles. The topological polar surface area (TPSA) is 145 Å². The van der Waals surface area contributed by atoms with Crippen molar-refractivity contribution in [3.05, 3.63) is 22.3 Å². The lowest BCUT2D eigenvalue weighted by atomic mass is 9.76. The average Bonchev–Trinajstić information content (AvgIpc) is 3.22. The molecule has 2 unspecified atom stereocenters. The van der Waals surface area contributed by atoms with E-state index in [0.29, 0.717) is 0 Å². The molecule has 0 aromatic carbocycles. The molecule has 10 nitrogen and oxygen atoms in total. The lowest BCUT2D eigenvalue weighted by Gasteiger charge is -2.48. The SMILES string of the molecule is CS(=O)(=O)NCc1csc2c1S(=O)(=O)N=C(C1=C(O)C3CCCCC3N(C3CCCCC3)C1=O)N2. The maximum absolute atomic E-state index is 13.8. The van der Waals surface area contributed by atoms with Crippen LogP contribution in [0.15, 0.2) is 26.0 Å². The van der Waals surface area contributed by atoms with Gasteiger partial charge in [0.15, 0.2) is 5.84 Å². The summed E-state index contributed by atoms with van der Waals surface area (Å²) in [6.45, 7) is -0.192. The monoisotopic (exact) mass is 542 g/mol. The zero-order valence-electron chi connectivity index (χ0n) is 19.5. The van der Waals surface area contributed by atoms with Crippen molar-refractivity contribution < 1.29 is 26.7 Å². The third-order valence-corrected chi connectivity index (χ3v) is 10.5. The number of sulfonamides is 2. The van der Waals surface area contributed by atoms with E-state index in [0.717, 1.165) is 75.4 Å². The van der Waals surface area contributed by atoms with Crippen molar-refractivity contribution in [3.8, 4) is 0 Å². The second kappa shape index (κ2) is 9.16. The molecule has 4 aliphatic rings. The maximum Gasteiger partial charge on any atom is 0.287 e. The first kappa shape index (κ1) is 24.7. The van der Waals surface area contributed by atoms with Gasteiger partial charge in [0.25, 0.3) is 15.9 Å². The second-order valence-corrected chi connectivity index (χ2v) is 14.0. The summed E-state index contributed by atoms with van der Waals surface area (Å²) in [5.41, 5.74) is 0.215. The number of carbonyl (C=O) groups excluding carboxylic acids is 1. The van der Waals surface area contributed by atoms with Crippen LogP contribution >= 0.6 is 11.3 Å². The Hall–Kier alpha value is -1.96. The quantitative estimate of drug-likeness (QED) is 0.519. The largest absolute Gasteiger partial charge is 0.511 e. The third-order valence-electron chi connectivity index (χ3n) is 7.39. The van der Waals surface area contributed by atoms with Gasteiger partial charge in [-0.25, -0.2) is 13.1 Å². The Labute approximate surface area is 209 Å². The second-order valence-electron chi connectivity index (χ2n) is 9.78.